The molecule has 0 unspecified atom stereocenters. The molecule has 4 heteroatoms. The van der Waals surface area contributed by atoms with Gasteiger partial charge in [-0.3, -0.25) is 0 Å². The Morgan fingerprint density at radius 2 is 0.902 bits per heavy atom. The molecule has 0 amide bonds. The van der Waals surface area contributed by atoms with E-state index < -0.39 is 0 Å². The van der Waals surface area contributed by atoms with Crippen LogP contribution >= 0.6 is 0 Å². The first-order valence-electron chi connectivity index (χ1n) is 17.2. The molecule has 236 valence electrons. The Hall–Kier alpha value is -6.91. The molecule has 0 spiro atoms. The van der Waals surface area contributed by atoms with Crippen LogP contribution in [-0.4, -0.2) is 15.0 Å². The molecular weight excluding hydrogens is 623 g/mol. The Balaban J connectivity index is 1.10. The molecule has 4 nitrogen and oxygen atoms in total. The summed E-state index contributed by atoms with van der Waals surface area (Å²) in [6.45, 7) is 0. The van der Waals surface area contributed by atoms with Crippen molar-refractivity contribution in [2.75, 3.05) is 0 Å². The standard InChI is InChI=1S/C47H27N3O/c1-2-11-28(12-3-1)45-48-46(50-47(49-45)39-26-25-38-34-15-5-4-14-33(34)35-18-9-19-37(39)43(35)38)30-23-24-31-29(27-30)13-8-17-32(31)36-20-10-22-42-44(36)40-16-6-7-21-41(40)51-42/h1-27H. The zero-order valence-electron chi connectivity index (χ0n) is 27.3. The smallest absolute Gasteiger partial charge is 0.164 e. The van der Waals surface area contributed by atoms with Gasteiger partial charge in [0.25, 0.3) is 0 Å². The van der Waals surface area contributed by atoms with E-state index in [0.717, 1.165) is 65.9 Å². The number of fused-ring (bicyclic) bond motifs is 7. The first-order valence-corrected chi connectivity index (χ1v) is 17.2. The van der Waals surface area contributed by atoms with E-state index in [9.17, 15) is 0 Å². The molecule has 51 heavy (non-hydrogen) atoms. The summed E-state index contributed by atoms with van der Waals surface area (Å²) in [4.78, 5) is 15.4. The molecule has 8 aromatic carbocycles. The Kier molecular flexibility index (Phi) is 5.92. The molecule has 10 aromatic rings. The summed E-state index contributed by atoms with van der Waals surface area (Å²) in [5.74, 6) is 1.95. The third-order valence-corrected chi connectivity index (χ3v) is 10.3. The van der Waals surface area contributed by atoms with Gasteiger partial charge in [-0.05, 0) is 79.2 Å². The zero-order valence-corrected chi connectivity index (χ0v) is 27.3. The van der Waals surface area contributed by atoms with E-state index in [1.54, 1.807) is 0 Å². The Morgan fingerprint density at radius 1 is 0.314 bits per heavy atom. The van der Waals surface area contributed by atoms with Crippen molar-refractivity contribution in [3.05, 3.63) is 164 Å². The van der Waals surface area contributed by atoms with Crippen LogP contribution in [0.5, 0.6) is 0 Å². The zero-order chi connectivity index (χ0) is 33.5. The average molecular weight is 650 g/mol. The highest BCUT2D eigenvalue weighted by atomic mass is 16.3. The number of benzene rings is 8. The Labute approximate surface area is 293 Å². The fraction of sp³-hybridized carbons (Fsp3) is 0. The van der Waals surface area contributed by atoms with Gasteiger partial charge in [0.15, 0.2) is 17.5 Å². The summed E-state index contributed by atoms with van der Waals surface area (Å²) in [5, 5.41) is 6.91. The van der Waals surface area contributed by atoms with Gasteiger partial charge < -0.3 is 4.42 Å². The molecule has 11 rings (SSSR count). The highest BCUT2D eigenvalue weighted by Gasteiger charge is 2.24. The molecule has 0 radical (unpaired) electrons. The van der Waals surface area contributed by atoms with Crippen molar-refractivity contribution in [3.63, 3.8) is 0 Å². The van der Waals surface area contributed by atoms with Crippen molar-refractivity contribution in [1.82, 2.24) is 15.0 Å². The number of hydrogen-bond acceptors (Lipinski definition) is 4. The van der Waals surface area contributed by atoms with Gasteiger partial charge in [0.1, 0.15) is 11.2 Å². The van der Waals surface area contributed by atoms with Gasteiger partial charge >= 0.3 is 0 Å². The van der Waals surface area contributed by atoms with Crippen molar-refractivity contribution in [3.8, 4) is 67.5 Å². The van der Waals surface area contributed by atoms with E-state index in [2.05, 4.69) is 127 Å². The molecule has 0 saturated heterocycles. The predicted octanol–water partition coefficient (Wildman–Crippen LogP) is 12.4. The van der Waals surface area contributed by atoms with E-state index in [-0.39, 0.29) is 0 Å². The van der Waals surface area contributed by atoms with Gasteiger partial charge in [-0.1, -0.05) is 140 Å². The summed E-state index contributed by atoms with van der Waals surface area (Å²) in [7, 11) is 0. The van der Waals surface area contributed by atoms with Crippen LogP contribution in [0.4, 0.5) is 0 Å². The highest BCUT2D eigenvalue weighted by Crippen LogP contribution is 2.49. The van der Waals surface area contributed by atoms with Crippen LogP contribution in [0, 0.1) is 0 Å². The van der Waals surface area contributed by atoms with E-state index in [4.69, 9.17) is 19.4 Å². The fourth-order valence-corrected chi connectivity index (χ4v) is 8.00. The van der Waals surface area contributed by atoms with Crippen LogP contribution in [0.2, 0.25) is 0 Å². The van der Waals surface area contributed by atoms with Crippen LogP contribution in [-0.2, 0) is 0 Å². The molecule has 1 aliphatic rings. The first kappa shape index (κ1) is 28.0. The van der Waals surface area contributed by atoms with Crippen molar-refractivity contribution in [1.29, 1.82) is 0 Å². The van der Waals surface area contributed by atoms with Crippen LogP contribution in [0.3, 0.4) is 0 Å². The van der Waals surface area contributed by atoms with E-state index in [1.165, 1.54) is 27.6 Å². The molecule has 2 aromatic heterocycles. The number of hydrogen-bond donors (Lipinski definition) is 0. The minimum Gasteiger partial charge on any atom is -0.456 e. The van der Waals surface area contributed by atoms with Gasteiger partial charge in [0.05, 0.1) is 0 Å². The summed E-state index contributed by atoms with van der Waals surface area (Å²) in [6, 6.07) is 57.3. The predicted molar refractivity (Wildman–Crippen MR) is 208 cm³/mol. The summed E-state index contributed by atoms with van der Waals surface area (Å²) < 4.78 is 6.24. The number of rotatable bonds is 4. The SMILES string of the molecule is c1ccc(-c2nc(-c3ccc4c(-c5cccc6oc7ccccc7c56)cccc4c3)nc(-c3ccc4c5c(cccc35)-c3ccccc3-4)n2)cc1. The lowest BCUT2D eigenvalue weighted by molar-refractivity contribution is 0.669. The lowest BCUT2D eigenvalue weighted by Gasteiger charge is -2.13. The molecule has 1 aliphatic carbocycles. The Morgan fingerprint density at radius 3 is 1.76 bits per heavy atom. The number of furan rings is 1. The van der Waals surface area contributed by atoms with Crippen molar-refractivity contribution >= 4 is 43.5 Å². The number of para-hydroxylation sites is 1. The lowest BCUT2D eigenvalue weighted by atomic mass is 9.94. The molecule has 0 saturated carbocycles. The summed E-state index contributed by atoms with van der Waals surface area (Å²) in [5.41, 5.74) is 12.0. The molecule has 0 aliphatic heterocycles. The summed E-state index contributed by atoms with van der Waals surface area (Å²) in [6.07, 6.45) is 0. The molecule has 0 fully saturated rings. The second kappa shape index (κ2) is 10.8. The maximum Gasteiger partial charge on any atom is 0.164 e. The minimum atomic E-state index is 0.639. The van der Waals surface area contributed by atoms with Crippen LogP contribution in [0.1, 0.15) is 0 Å². The monoisotopic (exact) mass is 649 g/mol. The topological polar surface area (TPSA) is 51.8 Å². The Bertz CT molecular complexity index is 3000. The molecule has 0 atom stereocenters. The first-order chi connectivity index (χ1) is 25.3. The quantitative estimate of drug-likeness (QED) is 0.190. The second-order valence-electron chi connectivity index (χ2n) is 13.1. The second-order valence-corrected chi connectivity index (χ2v) is 13.1. The van der Waals surface area contributed by atoms with E-state index >= 15 is 0 Å². The lowest BCUT2D eigenvalue weighted by Crippen LogP contribution is -2.00. The van der Waals surface area contributed by atoms with Crippen molar-refractivity contribution in [2.24, 2.45) is 0 Å². The fourth-order valence-electron chi connectivity index (χ4n) is 8.00. The van der Waals surface area contributed by atoms with Crippen LogP contribution in [0.25, 0.3) is 111 Å². The maximum absolute atomic E-state index is 6.24. The van der Waals surface area contributed by atoms with Crippen LogP contribution in [0.15, 0.2) is 168 Å². The normalized spacial score (nSPS) is 11.9. The molecule has 0 bridgehead atoms. The third kappa shape index (κ3) is 4.23. The van der Waals surface area contributed by atoms with Gasteiger partial charge in [0, 0.05) is 27.5 Å². The van der Waals surface area contributed by atoms with Crippen LogP contribution < -0.4 is 0 Å². The minimum absolute atomic E-state index is 0.639. The summed E-state index contributed by atoms with van der Waals surface area (Å²) >= 11 is 0. The van der Waals surface area contributed by atoms with Gasteiger partial charge in [-0.15, -0.1) is 0 Å². The van der Waals surface area contributed by atoms with Crippen molar-refractivity contribution in [2.45, 2.75) is 0 Å². The van der Waals surface area contributed by atoms with Gasteiger partial charge in [0.2, 0.25) is 0 Å². The van der Waals surface area contributed by atoms with Crippen molar-refractivity contribution < 1.29 is 4.42 Å². The van der Waals surface area contributed by atoms with Gasteiger partial charge in [-0.25, -0.2) is 15.0 Å². The largest absolute Gasteiger partial charge is 0.456 e. The maximum atomic E-state index is 6.24. The average Bonchev–Trinajstić information content (AvgIpc) is 3.75. The number of aromatic nitrogens is 3. The third-order valence-electron chi connectivity index (χ3n) is 10.3. The molecule has 0 N–H and O–H groups in total. The van der Waals surface area contributed by atoms with E-state index in [0.29, 0.717) is 17.5 Å². The van der Waals surface area contributed by atoms with Gasteiger partial charge in [-0.2, -0.15) is 0 Å². The van der Waals surface area contributed by atoms with E-state index in [1.807, 2.05) is 36.4 Å². The number of nitrogens with zero attached hydrogens (tertiary/aromatic N) is 3. The molecule has 2 heterocycles. The highest BCUT2D eigenvalue weighted by molar-refractivity contribution is 6.18. The molecular formula is C47H27N3O.